The number of nitrogens with zero attached hydrogens (tertiary/aromatic N) is 2. The van der Waals surface area contributed by atoms with E-state index in [1.165, 1.54) is 23.7 Å². The summed E-state index contributed by atoms with van der Waals surface area (Å²) in [5, 5.41) is 0.289. The number of halogens is 2. The van der Waals surface area contributed by atoms with Gasteiger partial charge in [-0.15, -0.1) is 0 Å². The van der Waals surface area contributed by atoms with Gasteiger partial charge >= 0.3 is 0 Å². The standard InChI is InChI=1S/C12H8ClFN4S/c13-8-3-6(14)1-2-7(8)9-4-10(11-5-16-19-11)18-12(15)17-9/h1-5,16H,(H2,15,17,18). The van der Waals surface area contributed by atoms with Gasteiger partial charge in [-0.2, -0.15) is 0 Å². The van der Waals surface area contributed by atoms with Crippen LogP contribution in [-0.2, 0) is 0 Å². The lowest BCUT2D eigenvalue weighted by Crippen LogP contribution is -1.99. The van der Waals surface area contributed by atoms with E-state index >= 15 is 0 Å². The molecule has 0 atom stereocenters. The first-order valence-electron chi connectivity index (χ1n) is 5.36. The minimum atomic E-state index is -0.391. The number of anilines is 1. The molecule has 2 heterocycles. The van der Waals surface area contributed by atoms with Crippen LogP contribution >= 0.6 is 23.1 Å². The largest absolute Gasteiger partial charge is 0.368 e. The minimum absolute atomic E-state index is 0.154. The van der Waals surface area contributed by atoms with Crippen LogP contribution < -0.4 is 5.73 Å². The second-order valence-electron chi connectivity index (χ2n) is 3.85. The number of hydrogen-bond donors (Lipinski definition) is 2. The topological polar surface area (TPSA) is 67.6 Å². The SMILES string of the molecule is Nc1nc(-c2c[nH]s2)cc(-c2ccc(F)cc2Cl)n1. The molecule has 4 nitrogen and oxygen atoms in total. The van der Waals surface area contributed by atoms with Gasteiger partial charge in [-0.25, -0.2) is 14.4 Å². The normalized spacial score (nSPS) is 10.8. The van der Waals surface area contributed by atoms with Crippen LogP contribution in [-0.4, -0.2) is 14.3 Å². The molecule has 3 N–H and O–H groups in total. The third-order valence-corrected chi connectivity index (χ3v) is 3.66. The summed E-state index contributed by atoms with van der Waals surface area (Å²) in [6.07, 6.45) is 1.82. The number of nitrogen functional groups attached to an aromatic ring is 1. The van der Waals surface area contributed by atoms with Crippen LogP contribution in [0, 0.1) is 5.82 Å². The average Bonchev–Trinajstić information content (AvgIpc) is 2.25. The molecule has 19 heavy (non-hydrogen) atoms. The number of hydrogen-bond acceptors (Lipinski definition) is 4. The Labute approximate surface area is 117 Å². The first-order chi connectivity index (χ1) is 9.13. The highest BCUT2D eigenvalue weighted by atomic mass is 35.5. The van der Waals surface area contributed by atoms with Crippen LogP contribution in [0.2, 0.25) is 5.02 Å². The quantitative estimate of drug-likeness (QED) is 0.759. The van der Waals surface area contributed by atoms with Crippen molar-refractivity contribution in [3.8, 4) is 21.8 Å². The molecular weight excluding hydrogens is 287 g/mol. The number of aromatic nitrogens is 3. The Balaban J connectivity index is 2.13. The van der Waals surface area contributed by atoms with Crippen molar-refractivity contribution in [2.45, 2.75) is 0 Å². The molecular formula is C12H8ClFN4S. The monoisotopic (exact) mass is 294 g/mol. The second-order valence-corrected chi connectivity index (χ2v) is 5.14. The minimum Gasteiger partial charge on any atom is -0.368 e. The maximum Gasteiger partial charge on any atom is 0.221 e. The van der Waals surface area contributed by atoms with Crippen molar-refractivity contribution in [3.05, 3.63) is 41.3 Å². The summed E-state index contributed by atoms with van der Waals surface area (Å²) in [4.78, 5) is 9.25. The molecule has 0 aliphatic rings. The molecule has 0 fully saturated rings. The highest BCUT2D eigenvalue weighted by molar-refractivity contribution is 7.10. The Morgan fingerprint density at radius 1 is 1.21 bits per heavy atom. The van der Waals surface area contributed by atoms with E-state index in [1.54, 1.807) is 12.1 Å². The summed E-state index contributed by atoms with van der Waals surface area (Å²) in [5.74, 6) is -0.237. The summed E-state index contributed by atoms with van der Waals surface area (Å²) >= 11 is 7.47. The molecule has 3 rings (SSSR count). The van der Waals surface area contributed by atoms with Crippen LogP contribution in [0.15, 0.2) is 30.5 Å². The zero-order valence-electron chi connectivity index (χ0n) is 9.52. The highest BCUT2D eigenvalue weighted by Crippen LogP contribution is 2.31. The lowest BCUT2D eigenvalue weighted by molar-refractivity contribution is 0.628. The maximum absolute atomic E-state index is 13.1. The van der Waals surface area contributed by atoms with Crippen LogP contribution in [0.25, 0.3) is 21.8 Å². The molecule has 0 amide bonds. The van der Waals surface area contributed by atoms with Crippen molar-refractivity contribution in [2.24, 2.45) is 0 Å². The van der Waals surface area contributed by atoms with Crippen LogP contribution in [0.1, 0.15) is 0 Å². The molecule has 0 aliphatic heterocycles. The Morgan fingerprint density at radius 3 is 2.58 bits per heavy atom. The van der Waals surface area contributed by atoms with Gasteiger partial charge in [-0.3, -0.25) is 0 Å². The van der Waals surface area contributed by atoms with Crippen molar-refractivity contribution >= 4 is 29.1 Å². The first-order valence-corrected chi connectivity index (χ1v) is 6.56. The zero-order chi connectivity index (χ0) is 13.4. The summed E-state index contributed by atoms with van der Waals surface area (Å²) in [5.41, 5.74) is 7.60. The number of benzene rings is 1. The van der Waals surface area contributed by atoms with Crippen molar-refractivity contribution in [1.29, 1.82) is 0 Å². The number of aromatic amines is 1. The Bertz CT molecular complexity index is 728. The Hall–Kier alpha value is -1.92. The fourth-order valence-corrected chi connectivity index (χ4v) is 2.38. The molecule has 1 aromatic carbocycles. The Kier molecular flexibility index (Phi) is 2.96. The first kappa shape index (κ1) is 12.1. The fraction of sp³-hybridized carbons (Fsp3) is 0. The number of H-pyrrole nitrogens is 1. The summed E-state index contributed by atoms with van der Waals surface area (Å²) < 4.78 is 16.0. The molecule has 7 heteroatoms. The van der Waals surface area contributed by atoms with E-state index in [-0.39, 0.29) is 11.0 Å². The van der Waals surface area contributed by atoms with Crippen molar-refractivity contribution in [3.63, 3.8) is 0 Å². The lowest BCUT2D eigenvalue weighted by Gasteiger charge is -2.08. The smallest absolute Gasteiger partial charge is 0.221 e. The van der Waals surface area contributed by atoms with Gasteiger partial charge in [0.25, 0.3) is 0 Å². The summed E-state index contributed by atoms with van der Waals surface area (Å²) in [6, 6.07) is 5.92. The molecule has 0 bridgehead atoms. The van der Waals surface area contributed by atoms with E-state index in [9.17, 15) is 4.39 Å². The highest BCUT2D eigenvalue weighted by Gasteiger charge is 2.11. The van der Waals surface area contributed by atoms with Gasteiger partial charge < -0.3 is 10.1 Å². The Morgan fingerprint density at radius 2 is 1.95 bits per heavy atom. The van der Waals surface area contributed by atoms with Crippen molar-refractivity contribution in [2.75, 3.05) is 5.73 Å². The molecule has 0 radical (unpaired) electrons. The number of rotatable bonds is 2. The van der Waals surface area contributed by atoms with E-state index in [2.05, 4.69) is 14.3 Å². The number of nitrogens with two attached hydrogens (primary N) is 1. The molecule has 96 valence electrons. The molecule has 0 saturated carbocycles. The molecule has 0 unspecified atom stereocenters. The third-order valence-electron chi connectivity index (χ3n) is 2.56. The molecule has 0 spiro atoms. The van der Waals surface area contributed by atoms with Crippen molar-refractivity contribution in [1.82, 2.24) is 14.3 Å². The van der Waals surface area contributed by atoms with E-state index < -0.39 is 5.82 Å². The molecule has 0 saturated heterocycles. The second kappa shape index (κ2) is 4.64. The summed E-state index contributed by atoms with van der Waals surface area (Å²) in [6.45, 7) is 0. The number of nitrogens with one attached hydrogen (secondary N) is 1. The van der Waals surface area contributed by atoms with Gasteiger partial charge in [0.2, 0.25) is 5.95 Å². The maximum atomic E-state index is 13.1. The predicted octanol–water partition coefficient (Wildman–Crippen LogP) is 3.57. The van der Waals surface area contributed by atoms with Crippen molar-refractivity contribution < 1.29 is 4.39 Å². The third kappa shape index (κ3) is 2.32. The van der Waals surface area contributed by atoms with Crippen LogP contribution in [0.5, 0.6) is 0 Å². The molecule has 0 aliphatic carbocycles. The van der Waals surface area contributed by atoms with Crippen LogP contribution in [0.3, 0.4) is 0 Å². The van der Waals surface area contributed by atoms with E-state index in [0.29, 0.717) is 17.0 Å². The summed E-state index contributed by atoms with van der Waals surface area (Å²) in [7, 11) is 0. The van der Waals surface area contributed by atoms with Gasteiger partial charge in [0, 0.05) is 11.8 Å². The molecule has 3 aromatic rings. The van der Waals surface area contributed by atoms with E-state index in [0.717, 1.165) is 4.88 Å². The van der Waals surface area contributed by atoms with Gasteiger partial charge in [0.1, 0.15) is 5.82 Å². The van der Waals surface area contributed by atoms with Gasteiger partial charge in [-0.05, 0) is 24.3 Å². The lowest BCUT2D eigenvalue weighted by atomic mass is 10.1. The van der Waals surface area contributed by atoms with Gasteiger partial charge in [-0.1, -0.05) is 23.1 Å². The zero-order valence-corrected chi connectivity index (χ0v) is 11.1. The van der Waals surface area contributed by atoms with Gasteiger partial charge in [0.15, 0.2) is 0 Å². The van der Waals surface area contributed by atoms with Gasteiger partial charge in [0.05, 0.1) is 21.3 Å². The molecule has 2 aromatic heterocycles. The fourth-order valence-electron chi connectivity index (χ4n) is 1.67. The van der Waals surface area contributed by atoms with E-state index in [4.69, 9.17) is 17.3 Å². The average molecular weight is 295 g/mol. The van der Waals surface area contributed by atoms with E-state index in [1.807, 2.05) is 6.20 Å². The predicted molar refractivity (Wildman–Crippen MR) is 74.5 cm³/mol. The van der Waals surface area contributed by atoms with Crippen LogP contribution in [0.4, 0.5) is 10.3 Å².